The highest BCUT2D eigenvalue weighted by molar-refractivity contribution is 5.24. The number of hydrogen-bond acceptors (Lipinski definition) is 2. The van der Waals surface area contributed by atoms with E-state index >= 15 is 0 Å². The van der Waals surface area contributed by atoms with Crippen LogP contribution in [0, 0.1) is 6.92 Å². The van der Waals surface area contributed by atoms with Crippen LogP contribution in [0.4, 0.5) is 0 Å². The van der Waals surface area contributed by atoms with E-state index in [-0.39, 0.29) is 0 Å². The Balaban J connectivity index is 2.86. The largest absolute Gasteiger partial charge is 0.329 e. The maximum Gasteiger partial charge on any atom is 0.0464 e. The van der Waals surface area contributed by atoms with Gasteiger partial charge in [-0.25, -0.2) is 0 Å². The topological polar surface area (TPSA) is 29.3 Å². The summed E-state index contributed by atoms with van der Waals surface area (Å²) in [6, 6.07) is 8.88. The summed E-state index contributed by atoms with van der Waals surface area (Å²) in [6.45, 7) is 2.76. The van der Waals surface area contributed by atoms with Gasteiger partial charge in [0, 0.05) is 12.6 Å². The Morgan fingerprint density at radius 2 is 1.77 bits per heavy atom. The number of nitrogens with zero attached hydrogens (tertiary/aromatic N) is 1. The molecule has 1 atom stereocenters. The standard InChI is InChI=1S/C11H18N2/c1-9-4-6-10(7-5-9)11(8-12)13(2)3/h4-7,11H,8,12H2,1-3H3/t11-/m0/s1. The van der Waals surface area contributed by atoms with E-state index in [0.717, 1.165) is 0 Å². The van der Waals surface area contributed by atoms with Gasteiger partial charge in [0.15, 0.2) is 0 Å². The van der Waals surface area contributed by atoms with Crippen LogP contribution in [0.3, 0.4) is 0 Å². The molecule has 13 heavy (non-hydrogen) atoms. The molecule has 0 saturated carbocycles. The van der Waals surface area contributed by atoms with Gasteiger partial charge in [0.25, 0.3) is 0 Å². The Kier molecular flexibility index (Phi) is 3.46. The molecule has 0 aliphatic heterocycles. The Hall–Kier alpha value is -0.860. The lowest BCUT2D eigenvalue weighted by molar-refractivity contribution is 0.306. The highest BCUT2D eigenvalue weighted by Gasteiger charge is 2.10. The van der Waals surface area contributed by atoms with Gasteiger partial charge in [0.1, 0.15) is 0 Å². The summed E-state index contributed by atoms with van der Waals surface area (Å²) >= 11 is 0. The van der Waals surface area contributed by atoms with Crippen molar-refractivity contribution in [1.29, 1.82) is 0 Å². The van der Waals surface area contributed by atoms with Crippen molar-refractivity contribution >= 4 is 0 Å². The second-order valence-corrected chi connectivity index (χ2v) is 3.63. The van der Waals surface area contributed by atoms with E-state index in [4.69, 9.17) is 5.73 Å². The fraction of sp³-hybridized carbons (Fsp3) is 0.455. The molecule has 1 rings (SSSR count). The molecule has 0 aliphatic rings. The van der Waals surface area contributed by atoms with E-state index in [1.807, 2.05) is 0 Å². The SMILES string of the molecule is Cc1ccc([C@H](CN)N(C)C)cc1. The minimum Gasteiger partial charge on any atom is -0.329 e. The van der Waals surface area contributed by atoms with Crippen molar-refractivity contribution in [3.8, 4) is 0 Å². The third-order valence-electron chi connectivity index (χ3n) is 2.31. The molecule has 0 aromatic heterocycles. The summed E-state index contributed by atoms with van der Waals surface area (Å²) in [4.78, 5) is 2.14. The molecule has 0 radical (unpaired) electrons. The molecule has 1 aromatic rings. The Bertz CT molecular complexity index is 251. The first kappa shape index (κ1) is 10.2. The smallest absolute Gasteiger partial charge is 0.0464 e. The van der Waals surface area contributed by atoms with Gasteiger partial charge in [0.05, 0.1) is 0 Å². The van der Waals surface area contributed by atoms with Crippen molar-refractivity contribution in [3.05, 3.63) is 35.4 Å². The lowest BCUT2D eigenvalue weighted by Gasteiger charge is -2.23. The van der Waals surface area contributed by atoms with Crippen LogP contribution in [0.2, 0.25) is 0 Å². The zero-order chi connectivity index (χ0) is 9.84. The normalized spacial score (nSPS) is 13.3. The monoisotopic (exact) mass is 178 g/mol. The predicted molar refractivity (Wildman–Crippen MR) is 56.7 cm³/mol. The maximum absolute atomic E-state index is 5.70. The summed E-state index contributed by atoms with van der Waals surface area (Å²) in [7, 11) is 4.11. The number of benzene rings is 1. The van der Waals surface area contributed by atoms with Crippen LogP contribution >= 0.6 is 0 Å². The summed E-state index contributed by atoms with van der Waals surface area (Å²) in [5.41, 5.74) is 8.28. The molecule has 0 bridgehead atoms. The zero-order valence-corrected chi connectivity index (χ0v) is 8.62. The number of rotatable bonds is 3. The van der Waals surface area contributed by atoms with Gasteiger partial charge in [0.2, 0.25) is 0 Å². The first-order valence-corrected chi connectivity index (χ1v) is 4.58. The van der Waals surface area contributed by atoms with Gasteiger partial charge in [-0.05, 0) is 26.6 Å². The van der Waals surface area contributed by atoms with Crippen molar-refractivity contribution < 1.29 is 0 Å². The van der Waals surface area contributed by atoms with Crippen LogP contribution in [0.5, 0.6) is 0 Å². The van der Waals surface area contributed by atoms with Gasteiger partial charge in [-0.1, -0.05) is 29.8 Å². The first-order valence-electron chi connectivity index (χ1n) is 4.58. The van der Waals surface area contributed by atoms with Crippen LogP contribution in [0.15, 0.2) is 24.3 Å². The van der Waals surface area contributed by atoms with Crippen LogP contribution in [-0.4, -0.2) is 25.5 Å². The van der Waals surface area contributed by atoms with Crippen LogP contribution in [0.25, 0.3) is 0 Å². The summed E-state index contributed by atoms with van der Waals surface area (Å²) < 4.78 is 0. The molecule has 0 spiro atoms. The Morgan fingerprint density at radius 3 is 2.15 bits per heavy atom. The second-order valence-electron chi connectivity index (χ2n) is 3.63. The predicted octanol–water partition coefficient (Wildman–Crippen LogP) is 1.56. The first-order chi connectivity index (χ1) is 6.15. The number of likely N-dealkylation sites (N-methyl/N-ethyl adjacent to an activating group) is 1. The van der Waals surface area contributed by atoms with Gasteiger partial charge >= 0.3 is 0 Å². The summed E-state index contributed by atoms with van der Waals surface area (Å²) in [5, 5.41) is 0. The van der Waals surface area contributed by atoms with E-state index in [1.165, 1.54) is 11.1 Å². The van der Waals surface area contributed by atoms with Crippen molar-refractivity contribution in [3.63, 3.8) is 0 Å². The van der Waals surface area contributed by atoms with Crippen molar-refractivity contribution in [2.45, 2.75) is 13.0 Å². The van der Waals surface area contributed by atoms with Crippen LogP contribution < -0.4 is 5.73 Å². The highest BCUT2D eigenvalue weighted by Crippen LogP contribution is 2.16. The molecule has 0 heterocycles. The Morgan fingerprint density at radius 1 is 1.23 bits per heavy atom. The van der Waals surface area contributed by atoms with E-state index in [2.05, 4.69) is 50.2 Å². The van der Waals surface area contributed by atoms with Gasteiger partial charge < -0.3 is 10.6 Å². The van der Waals surface area contributed by atoms with Crippen LogP contribution in [0.1, 0.15) is 17.2 Å². The summed E-state index contributed by atoms with van der Waals surface area (Å²) in [6.07, 6.45) is 0. The highest BCUT2D eigenvalue weighted by atomic mass is 15.1. The zero-order valence-electron chi connectivity index (χ0n) is 8.62. The average molecular weight is 178 g/mol. The van der Waals surface area contributed by atoms with E-state index < -0.39 is 0 Å². The molecule has 0 unspecified atom stereocenters. The van der Waals surface area contributed by atoms with Gasteiger partial charge in [-0.2, -0.15) is 0 Å². The lowest BCUT2D eigenvalue weighted by Crippen LogP contribution is -2.27. The molecular formula is C11H18N2. The molecule has 2 nitrogen and oxygen atoms in total. The Labute approximate surface area is 80.4 Å². The lowest BCUT2D eigenvalue weighted by atomic mass is 10.0. The minimum atomic E-state index is 0.334. The molecule has 72 valence electrons. The fourth-order valence-electron chi connectivity index (χ4n) is 1.43. The molecule has 0 saturated heterocycles. The van der Waals surface area contributed by atoms with Crippen LogP contribution in [-0.2, 0) is 0 Å². The molecule has 2 N–H and O–H groups in total. The van der Waals surface area contributed by atoms with Crippen molar-refractivity contribution in [2.75, 3.05) is 20.6 Å². The second kappa shape index (κ2) is 4.40. The molecule has 0 aliphatic carbocycles. The third-order valence-corrected chi connectivity index (χ3v) is 2.31. The average Bonchev–Trinajstić information content (AvgIpc) is 2.09. The quantitative estimate of drug-likeness (QED) is 0.761. The third kappa shape index (κ3) is 2.54. The molecule has 2 heteroatoms. The fourth-order valence-corrected chi connectivity index (χ4v) is 1.43. The van der Waals surface area contributed by atoms with E-state index in [0.29, 0.717) is 12.6 Å². The molecule has 0 fully saturated rings. The van der Waals surface area contributed by atoms with Gasteiger partial charge in [-0.15, -0.1) is 0 Å². The number of hydrogen-bond donors (Lipinski definition) is 1. The van der Waals surface area contributed by atoms with Gasteiger partial charge in [-0.3, -0.25) is 0 Å². The maximum atomic E-state index is 5.70. The van der Waals surface area contributed by atoms with E-state index in [9.17, 15) is 0 Å². The van der Waals surface area contributed by atoms with Crippen molar-refractivity contribution in [2.24, 2.45) is 5.73 Å². The van der Waals surface area contributed by atoms with Crippen molar-refractivity contribution in [1.82, 2.24) is 4.90 Å². The number of aryl methyl sites for hydroxylation is 1. The summed E-state index contributed by atoms with van der Waals surface area (Å²) in [5.74, 6) is 0. The molecule has 0 amide bonds. The minimum absolute atomic E-state index is 0.334. The number of nitrogens with two attached hydrogens (primary N) is 1. The van der Waals surface area contributed by atoms with E-state index in [1.54, 1.807) is 0 Å². The molecular weight excluding hydrogens is 160 g/mol. The molecule has 1 aromatic carbocycles.